The Bertz CT molecular complexity index is 329. The largest absolute Gasteiger partial charge is 0.381 e. The average molecular weight is 298 g/mol. The van der Waals surface area contributed by atoms with Crippen molar-refractivity contribution in [3.8, 4) is 0 Å². The smallest absolute Gasteiger partial charge is 0.0729 e. The number of methoxy groups -OCH3 is 1. The predicted molar refractivity (Wildman–Crippen MR) is 80.8 cm³/mol. The van der Waals surface area contributed by atoms with E-state index in [9.17, 15) is 0 Å². The average Bonchev–Trinajstić information content (AvgIpc) is 2.48. The highest BCUT2D eigenvalue weighted by Crippen LogP contribution is 2.43. The Hall–Kier alpha value is -0.200. The van der Waals surface area contributed by atoms with Crippen LogP contribution in [0.2, 0.25) is 0 Å². The molecule has 2 atom stereocenters. The Kier molecular flexibility index (Phi) is 4.86. The summed E-state index contributed by atoms with van der Waals surface area (Å²) in [5.74, 6) is 6.47. The van der Waals surface area contributed by atoms with Crippen molar-refractivity contribution in [2.45, 2.75) is 68.6 Å². The van der Waals surface area contributed by atoms with Crippen molar-refractivity contribution in [2.75, 3.05) is 26.9 Å². The number of rotatable bonds is 5. The molecule has 2 aliphatic heterocycles. The second-order valence-corrected chi connectivity index (χ2v) is 7.11. The zero-order valence-corrected chi connectivity index (χ0v) is 13.2. The molecule has 122 valence electrons. The first-order valence-corrected chi connectivity index (χ1v) is 8.44. The van der Waals surface area contributed by atoms with Gasteiger partial charge in [0, 0.05) is 33.0 Å². The lowest BCUT2D eigenvalue weighted by atomic mass is 9.70. The fourth-order valence-corrected chi connectivity index (χ4v) is 4.33. The first-order valence-electron chi connectivity index (χ1n) is 8.44. The van der Waals surface area contributed by atoms with Crippen molar-refractivity contribution in [2.24, 2.45) is 11.8 Å². The van der Waals surface area contributed by atoms with Crippen LogP contribution in [0.15, 0.2) is 0 Å². The van der Waals surface area contributed by atoms with Crippen LogP contribution in [0.5, 0.6) is 0 Å². The van der Waals surface area contributed by atoms with Gasteiger partial charge < -0.3 is 14.2 Å². The molecule has 3 fully saturated rings. The molecule has 5 nitrogen and oxygen atoms in total. The molecule has 2 saturated heterocycles. The van der Waals surface area contributed by atoms with Crippen molar-refractivity contribution in [3.05, 3.63) is 0 Å². The van der Waals surface area contributed by atoms with E-state index in [1.165, 1.54) is 19.3 Å². The predicted octanol–water partition coefficient (Wildman–Crippen LogP) is 1.75. The van der Waals surface area contributed by atoms with Crippen LogP contribution in [0.3, 0.4) is 0 Å². The van der Waals surface area contributed by atoms with Crippen LogP contribution in [-0.2, 0) is 14.2 Å². The highest BCUT2D eigenvalue weighted by atomic mass is 16.5. The minimum absolute atomic E-state index is 0.0378. The lowest BCUT2D eigenvalue weighted by Gasteiger charge is -2.48. The zero-order chi connectivity index (χ0) is 14.8. The van der Waals surface area contributed by atoms with Crippen molar-refractivity contribution >= 4 is 0 Å². The molecule has 3 N–H and O–H groups in total. The van der Waals surface area contributed by atoms with Gasteiger partial charge in [0.25, 0.3) is 0 Å². The van der Waals surface area contributed by atoms with Gasteiger partial charge in [-0.2, -0.15) is 0 Å². The zero-order valence-electron chi connectivity index (χ0n) is 13.2. The SMILES string of the molecule is COC1(CC(NN)C2CCOC3(CCOCC3)C2)CCC1. The van der Waals surface area contributed by atoms with Gasteiger partial charge >= 0.3 is 0 Å². The first kappa shape index (κ1) is 15.7. The molecule has 5 heteroatoms. The highest BCUT2D eigenvalue weighted by Gasteiger charge is 2.45. The van der Waals surface area contributed by atoms with E-state index >= 15 is 0 Å². The number of hydrogen-bond donors (Lipinski definition) is 2. The van der Waals surface area contributed by atoms with E-state index in [-0.39, 0.29) is 11.2 Å². The van der Waals surface area contributed by atoms with Crippen LogP contribution in [0.25, 0.3) is 0 Å². The normalized spacial score (nSPS) is 32.6. The summed E-state index contributed by atoms with van der Waals surface area (Å²) < 4.78 is 17.4. The minimum Gasteiger partial charge on any atom is -0.381 e. The molecule has 3 rings (SSSR count). The van der Waals surface area contributed by atoms with E-state index in [2.05, 4.69) is 5.43 Å². The molecular formula is C16H30N2O3. The summed E-state index contributed by atoms with van der Waals surface area (Å²) >= 11 is 0. The van der Waals surface area contributed by atoms with Crippen LogP contribution in [0, 0.1) is 5.92 Å². The van der Waals surface area contributed by atoms with Crippen molar-refractivity contribution in [1.82, 2.24) is 5.43 Å². The number of hydrogen-bond acceptors (Lipinski definition) is 5. The quantitative estimate of drug-likeness (QED) is 0.598. The Labute approximate surface area is 127 Å². The maximum atomic E-state index is 6.15. The van der Waals surface area contributed by atoms with Gasteiger partial charge in [0.1, 0.15) is 0 Å². The van der Waals surface area contributed by atoms with E-state index in [0.717, 1.165) is 51.9 Å². The third-order valence-electron chi connectivity index (χ3n) is 6.01. The standard InChI is InChI=1S/C16H30N2O3/c1-19-15(4-2-5-15)12-14(18-17)13-3-8-21-16(11-13)6-9-20-10-7-16/h13-14,18H,2-12,17H2,1H3. The molecule has 0 aromatic heterocycles. The topological polar surface area (TPSA) is 65.7 Å². The number of nitrogens with two attached hydrogens (primary N) is 1. The Morgan fingerprint density at radius 2 is 2.00 bits per heavy atom. The molecular weight excluding hydrogens is 268 g/mol. The first-order chi connectivity index (χ1) is 10.2. The van der Waals surface area contributed by atoms with Gasteiger partial charge in [0.2, 0.25) is 0 Å². The van der Waals surface area contributed by atoms with Crippen LogP contribution in [0.4, 0.5) is 0 Å². The number of ether oxygens (including phenoxy) is 3. The molecule has 0 aromatic carbocycles. The van der Waals surface area contributed by atoms with Gasteiger partial charge in [-0.05, 0) is 57.3 Å². The maximum Gasteiger partial charge on any atom is 0.0729 e. The van der Waals surface area contributed by atoms with Gasteiger partial charge in [-0.15, -0.1) is 0 Å². The summed E-state index contributed by atoms with van der Waals surface area (Å²) in [4.78, 5) is 0. The number of nitrogens with one attached hydrogen (secondary N) is 1. The van der Waals surface area contributed by atoms with E-state index in [4.69, 9.17) is 20.1 Å². The molecule has 1 spiro atoms. The van der Waals surface area contributed by atoms with Crippen LogP contribution < -0.4 is 11.3 Å². The van der Waals surface area contributed by atoms with Gasteiger partial charge in [0.05, 0.1) is 11.2 Å². The molecule has 3 aliphatic rings. The van der Waals surface area contributed by atoms with E-state index < -0.39 is 0 Å². The summed E-state index contributed by atoms with van der Waals surface area (Å²) in [6.45, 7) is 2.51. The summed E-state index contributed by atoms with van der Waals surface area (Å²) in [5, 5.41) is 0. The van der Waals surface area contributed by atoms with Crippen molar-refractivity contribution in [3.63, 3.8) is 0 Å². The Morgan fingerprint density at radius 3 is 2.57 bits per heavy atom. The highest BCUT2D eigenvalue weighted by molar-refractivity contribution is 4.98. The molecule has 21 heavy (non-hydrogen) atoms. The lowest BCUT2D eigenvalue weighted by molar-refractivity contribution is -0.155. The molecule has 2 unspecified atom stereocenters. The van der Waals surface area contributed by atoms with Gasteiger partial charge in [-0.1, -0.05) is 0 Å². The summed E-state index contributed by atoms with van der Waals surface area (Å²) in [6, 6.07) is 0.328. The Balaban J connectivity index is 1.63. The summed E-state index contributed by atoms with van der Waals surface area (Å²) in [6.07, 6.45) is 8.89. The molecule has 2 heterocycles. The molecule has 0 radical (unpaired) electrons. The molecule has 1 saturated carbocycles. The summed E-state index contributed by atoms with van der Waals surface area (Å²) in [7, 11) is 1.84. The molecule has 0 aromatic rings. The van der Waals surface area contributed by atoms with Gasteiger partial charge in [0.15, 0.2) is 0 Å². The lowest BCUT2D eigenvalue weighted by Crippen LogP contribution is -2.54. The van der Waals surface area contributed by atoms with E-state index in [1.807, 2.05) is 7.11 Å². The second-order valence-electron chi connectivity index (χ2n) is 7.11. The third kappa shape index (κ3) is 3.27. The molecule has 1 aliphatic carbocycles. The van der Waals surface area contributed by atoms with Crippen LogP contribution in [0.1, 0.15) is 51.4 Å². The van der Waals surface area contributed by atoms with Crippen LogP contribution >= 0.6 is 0 Å². The van der Waals surface area contributed by atoms with Crippen molar-refractivity contribution < 1.29 is 14.2 Å². The second kappa shape index (κ2) is 6.50. The monoisotopic (exact) mass is 298 g/mol. The minimum atomic E-state index is 0.0378. The van der Waals surface area contributed by atoms with Crippen molar-refractivity contribution in [1.29, 1.82) is 0 Å². The third-order valence-corrected chi connectivity index (χ3v) is 6.01. The maximum absolute atomic E-state index is 6.15. The summed E-state index contributed by atoms with van der Waals surface area (Å²) in [5.41, 5.74) is 3.19. The van der Waals surface area contributed by atoms with E-state index in [0.29, 0.717) is 12.0 Å². The Morgan fingerprint density at radius 1 is 1.24 bits per heavy atom. The number of hydrazine groups is 1. The fourth-order valence-electron chi connectivity index (χ4n) is 4.33. The van der Waals surface area contributed by atoms with E-state index in [1.54, 1.807) is 0 Å². The van der Waals surface area contributed by atoms with Crippen LogP contribution in [-0.4, -0.2) is 44.2 Å². The molecule has 0 bridgehead atoms. The van der Waals surface area contributed by atoms with Gasteiger partial charge in [-0.25, -0.2) is 0 Å². The molecule has 0 amide bonds. The fraction of sp³-hybridized carbons (Fsp3) is 1.00. The van der Waals surface area contributed by atoms with Gasteiger partial charge in [-0.3, -0.25) is 11.3 Å².